The number of imidazole rings is 1. The van der Waals surface area contributed by atoms with Gasteiger partial charge in [-0.15, -0.1) is 0 Å². The molecule has 67 heavy (non-hydrogen) atoms. The molecule has 10 aromatic rings. The molecular weight excluding hydrogens is 1000 g/mol. The van der Waals surface area contributed by atoms with Gasteiger partial charge in [0.15, 0.2) is 0 Å². The minimum absolute atomic E-state index is 0.0758. The molecular formula is C59H46BN5OPt. The number of aryl methyl sites for hydroxylation is 1. The third kappa shape index (κ3) is 6.91. The normalized spacial score (nSPS) is 14.5. The van der Waals surface area contributed by atoms with Crippen LogP contribution in [0, 0.1) is 10.7 Å². The van der Waals surface area contributed by atoms with Gasteiger partial charge in [0.1, 0.15) is 0 Å². The molecule has 0 spiro atoms. The first kappa shape index (κ1) is 33.9. The minimum Gasteiger partial charge on any atom is -0.0601 e. The SMILES string of the molecule is [2H]c1c([2H])c([2H])c2c(c1[2H])-c1ccccc1B1N(c3cccc(Oc4cccc(-n5[c](=[Pt])n(-c6c(-c7ccccc7)cc(C([2H])([2H])[2H])cc6-c6ccc(C(C)(C)C)cc6)c6ccccc65)c4)n3)c3ccccc3N12. The van der Waals surface area contributed by atoms with Crippen LogP contribution >= 0.6 is 0 Å². The van der Waals surface area contributed by atoms with Crippen molar-refractivity contribution in [2.24, 2.45) is 0 Å². The summed E-state index contributed by atoms with van der Waals surface area (Å²) in [7, 11) is 0. The van der Waals surface area contributed by atoms with Crippen LogP contribution in [0.1, 0.15) is 41.5 Å². The Morgan fingerprint density at radius 2 is 1.24 bits per heavy atom. The summed E-state index contributed by atoms with van der Waals surface area (Å²) in [6, 6.07) is 58.8. The van der Waals surface area contributed by atoms with Gasteiger partial charge in [-0.1, -0.05) is 54.5 Å². The Kier molecular flexibility index (Phi) is 8.18. The number of rotatable bonds is 7. The van der Waals surface area contributed by atoms with E-state index >= 15 is 0 Å². The van der Waals surface area contributed by atoms with Crippen molar-refractivity contribution in [2.45, 2.75) is 33.0 Å². The van der Waals surface area contributed by atoms with Crippen molar-refractivity contribution in [3.05, 3.63) is 221 Å². The first-order chi connectivity index (χ1) is 35.6. The number of anilines is 4. The molecule has 0 bridgehead atoms. The van der Waals surface area contributed by atoms with Crippen molar-refractivity contribution < 1.29 is 33.7 Å². The quantitative estimate of drug-likeness (QED) is 0.149. The molecule has 0 radical (unpaired) electrons. The van der Waals surface area contributed by atoms with Crippen LogP contribution in [0.5, 0.6) is 11.6 Å². The number of fused-ring (bicyclic) bond motifs is 9. The Morgan fingerprint density at radius 3 is 2.00 bits per heavy atom. The number of nitrogens with zero attached hydrogens (tertiary/aromatic N) is 5. The predicted molar refractivity (Wildman–Crippen MR) is 272 cm³/mol. The number of pyridine rings is 1. The Morgan fingerprint density at radius 1 is 0.582 bits per heavy atom. The summed E-state index contributed by atoms with van der Waals surface area (Å²) in [6.07, 6.45) is 0. The smallest absolute Gasteiger partial charge is 0.0601 e. The zero-order chi connectivity index (χ0) is 51.4. The van der Waals surface area contributed by atoms with Crippen molar-refractivity contribution in [3.63, 3.8) is 0 Å². The molecule has 2 aliphatic rings. The van der Waals surface area contributed by atoms with Gasteiger partial charge in [-0.05, 0) is 17.7 Å². The molecule has 326 valence electrons. The zero-order valence-electron chi connectivity index (χ0n) is 43.9. The van der Waals surface area contributed by atoms with Crippen molar-refractivity contribution in [3.8, 4) is 56.4 Å². The van der Waals surface area contributed by atoms with Gasteiger partial charge in [0.25, 0.3) is 0 Å². The van der Waals surface area contributed by atoms with Crippen LogP contribution < -0.4 is 19.8 Å². The average molecular weight is 1050 g/mol. The third-order valence-electron chi connectivity index (χ3n) is 12.7. The molecule has 0 atom stereocenters. The summed E-state index contributed by atoms with van der Waals surface area (Å²) in [4.78, 5) is 9.26. The monoisotopic (exact) mass is 1050 g/mol. The van der Waals surface area contributed by atoms with E-state index in [1.807, 2.05) is 150 Å². The van der Waals surface area contributed by atoms with Crippen molar-refractivity contribution in [1.82, 2.24) is 14.1 Å². The summed E-state index contributed by atoms with van der Waals surface area (Å²) < 4.78 is 73.4. The Bertz CT molecular complexity index is 3970. The summed E-state index contributed by atoms with van der Waals surface area (Å²) in [6.45, 7) is 3.67. The van der Waals surface area contributed by atoms with E-state index in [1.165, 1.54) is 5.56 Å². The molecule has 6 nitrogen and oxygen atoms in total. The fourth-order valence-electron chi connectivity index (χ4n) is 9.71. The molecule has 0 saturated heterocycles. The van der Waals surface area contributed by atoms with Gasteiger partial charge in [0.05, 0.1) is 5.48 Å². The molecule has 4 heterocycles. The molecule has 0 fully saturated rings. The Balaban J connectivity index is 0.974. The summed E-state index contributed by atoms with van der Waals surface area (Å²) in [5.74, 6) is 1.50. The van der Waals surface area contributed by atoms with Crippen LogP contribution in [0.15, 0.2) is 206 Å². The molecule has 0 N–H and O–H groups in total. The van der Waals surface area contributed by atoms with Crippen LogP contribution in [0.25, 0.3) is 55.8 Å². The van der Waals surface area contributed by atoms with E-state index in [-0.39, 0.29) is 35.1 Å². The topological polar surface area (TPSA) is 38.5 Å². The van der Waals surface area contributed by atoms with Gasteiger partial charge < -0.3 is 0 Å². The molecule has 0 saturated carbocycles. The van der Waals surface area contributed by atoms with Gasteiger partial charge in [-0.2, -0.15) is 0 Å². The van der Waals surface area contributed by atoms with Gasteiger partial charge in [-0.3, -0.25) is 0 Å². The van der Waals surface area contributed by atoms with E-state index in [0.717, 1.165) is 70.9 Å². The number of hydrogen-bond acceptors (Lipinski definition) is 4. The first-order valence-corrected chi connectivity index (χ1v) is 23.4. The number of benzene rings is 8. The molecule has 2 aromatic heterocycles. The van der Waals surface area contributed by atoms with Crippen molar-refractivity contribution in [2.75, 3.05) is 9.62 Å². The second kappa shape index (κ2) is 16.1. The summed E-state index contributed by atoms with van der Waals surface area (Å²) >= 11 is 2.38. The second-order valence-electron chi connectivity index (χ2n) is 17.9. The van der Waals surface area contributed by atoms with Crippen LogP contribution in [-0.2, 0) is 24.8 Å². The fourth-order valence-corrected chi connectivity index (χ4v) is 10.8. The van der Waals surface area contributed by atoms with E-state index in [2.05, 4.69) is 90.5 Å². The van der Waals surface area contributed by atoms with Gasteiger partial charge in [0, 0.05) is 11.3 Å². The third-order valence-corrected chi connectivity index (χ3v) is 13.8. The number of aromatic nitrogens is 3. The van der Waals surface area contributed by atoms with Gasteiger partial charge in [-0.25, -0.2) is 0 Å². The maximum absolute atomic E-state index is 9.19. The molecule has 8 heteroatoms. The van der Waals surface area contributed by atoms with E-state index in [1.54, 1.807) is 0 Å². The molecule has 0 unspecified atom stereocenters. The van der Waals surface area contributed by atoms with E-state index < -0.39 is 13.8 Å². The van der Waals surface area contributed by atoms with Crippen LogP contribution in [-0.4, -0.2) is 21.1 Å². The number of hydrogen-bond donors (Lipinski definition) is 0. The zero-order valence-corrected chi connectivity index (χ0v) is 39.1. The van der Waals surface area contributed by atoms with Crippen LogP contribution in [0.4, 0.5) is 22.9 Å². The maximum atomic E-state index is 9.19. The number of ether oxygens (including phenoxy) is 1. The Labute approximate surface area is 412 Å². The number of para-hydroxylation sites is 5. The van der Waals surface area contributed by atoms with E-state index in [9.17, 15) is 1.37 Å². The first-order valence-electron chi connectivity index (χ1n) is 25.7. The second-order valence-corrected chi connectivity index (χ2v) is 18.9. The summed E-state index contributed by atoms with van der Waals surface area (Å²) in [5.41, 5.74) is 12.4. The van der Waals surface area contributed by atoms with E-state index in [0.29, 0.717) is 28.7 Å². The van der Waals surface area contributed by atoms with Crippen molar-refractivity contribution in [1.29, 1.82) is 0 Å². The average Bonchev–Trinajstić information content (AvgIpc) is 3.94. The fraction of sp³-hybridized carbons (Fsp3) is 0.0847. The Hall–Kier alpha value is -7.47. The molecule has 2 aliphatic heterocycles. The van der Waals surface area contributed by atoms with Gasteiger partial charge >= 0.3 is 325 Å². The standard InChI is InChI=1S/C59H46BN5O.Pt/c1-40-36-48(41-18-6-5-7-19-41)58(49(37-40)42-32-34-43(35-33-42)59(2,3)4)63-39-62(52-26-12-13-27-53(52)63)44-20-16-21-45(38-44)66-57-31-17-30-56(61-57)65-55-29-15-14-28-54(55)64-51-25-11-9-23-47(51)46-22-8-10-24-50(46)60(64)65;/h5-38H,1-4H3;/i1D3,9D,11D,23D,25D;. The molecule has 0 amide bonds. The molecule has 0 aliphatic carbocycles. The molecule has 8 aromatic carbocycles. The molecule has 12 rings (SSSR count). The van der Waals surface area contributed by atoms with E-state index in [4.69, 9.17) is 17.9 Å². The minimum atomic E-state index is -2.37. The van der Waals surface area contributed by atoms with Crippen molar-refractivity contribution >= 4 is 46.4 Å². The van der Waals surface area contributed by atoms with Crippen LogP contribution in [0.3, 0.4) is 0 Å². The van der Waals surface area contributed by atoms with Gasteiger partial charge in [0.2, 0.25) is 0 Å². The predicted octanol–water partition coefficient (Wildman–Crippen LogP) is 14.3. The summed E-state index contributed by atoms with van der Waals surface area (Å²) in [5, 5.41) is 0. The van der Waals surface area contributed by atoms with Crippen LogP contribution in [0.2, 0.25) is 0 Å².